The molecule has 0 aromatic heterocycles. The second-order valence-corrected chi connectivity index (χ2v) is 5.88. The zero-order chi connectivity index (χ0) is 12.3. The Hall–Kier alpha value is -0.280. The standard InChI is InChI=1S/C14H26N2O.ClH/c1-11(15)13-8-9-16(10-13)14(17)12-6-4-2-3-5-7-12;/h11-13H,2-10,15H2,1H3;1H. The van der Waals surface area contributed by atoms with Crippen molar-refractivity contribution in [3.63, 3.8) is 0 Å². The molecule has 0 radical (unpaired) electrons. The first-order valence-corrected chi connectivity index (χ1v) is 7.23. The van der Waals surface area contributed by atoms with Crippen molar-refractivity contribution in [3.05, 3.63) is 0 Å². The monoisotopic (exact) mass is 274 g/mol. The predicted octanol–water partition coefficient (Wildman–Crippen LogP) is 2.57. The normalized spacial score (nSPS) is 27.4. The molecule has 0 spiro atoms. The molecular weight excluding hydrogens is 248 g/mol. The number of hydrogen-bond acceptors (Lipinski definition) is 2. The molecule has 1 heterocycles. The Labute approximate surface area is 117 Å². The number of nitrogens with two attached hydrogens (primary N) is 1. The summed E-state index contributed by atoms with van der Waals surface area (Å²) in [5.74, 6) is 1.24. The van der Waals surface area contributed by atoms with Crippen molar-refractivity contribution >= 4 is 18.3 Å². The van der Waals surface area contributed by atoms with E-state index in [1.807, 2.05) is 0 Å². The van der Waals surface area contributed by atoms with Gasteiger partial charge in [0.25, 0.3) is 0 Å². The molecule has 2 N–H and O–H groups in total. The minimum atomic E-state index is 0. The minimum absolute atomic E-state index is 0. The lowest BCUT2D eigenvalue weighted by Crippen LogP contribution is -2.36. The molecule has 2 unspecified atom stereocenters. The highest BCUT2D eigenvalue weighted by Gasteiger charge is 2.32. The molecule has 18 heavy (non-hydrogen) atoms. The molecule has 0 aromatic rings. The van der Waals surface area contributed by atoms with E-state index < -0.39 is 0 Å². The van der Waals surface area contributed by atoms with Gasteiger partial charge in [0.15, 0.2) is 0 Å². The van der Waals surface area contributed by atoms with Gasteiger partial charge in [-0.1, -0.05) is 25.7 Å². The fourth-order valence-electron chi connectivity index (χ4n) is 3.20. The highest BCUT2D eigenvalue weighted by molar-refractivity contribution is 5.85. The summed E-state index contributed by atoms with van der Waals surface area (Å²) in [4.78, 5) is 14.5. The maximum absolute atomic E-state index is 12.4. The Morgan fingerprint density at radius 3 is 2.28 bits per heavy atom. The summed E-state index contributed by atoms with van der Waals surface area (Å²) < 4.78 is 0. The molecule has 0 aromatic carbocycles. The van der Waals surface area contributed by atoms with Crippen molar-refractivity contribution < 1.29 is 4.79 Å². The molecule has 2 aliphatic rings. The Kier molecular flexibility index (Phi) is 6.44. The molecule has 106 valence electrons. The number of hydrogen-bond donors (Lipinski definition) is 1. The Bertz CT molecular complexity index is 263. The van der Waals surface area contributed by atoms with Crippen LogP contribution in [0.2, 0.25) is 0 Å². The molecule has 3 nitrogen and oxygen atoms in total. The lowest BCUT2D eigenvalue weighted by atomic mass is 9.98. The van der Waals surface area contributed by atoms with E-state index in [9.17, 15) is 4.79 Å². The molecule has 1 saturated carbocycles. The van der Waals surface area contributed by atoms with Gasteiger partial charge >= 0.3 is 0 Å². The van der Waals surface area contributed by atoms with Crippen LogP contribution >= 0.6 is 12.4 Å². The van der Waals surface area contributed by atoms with E-state index in [0.717, 1.165) is 32.4 Å². The fourth-order valence-corrected chi connectivity index (χ4v) is 3.20. The topological polar surface area (TPSA) is 46.3 Å². The van der Waals surface area contributed by atoms with Gasteiger partial charge in [0.2, 0.25) is 5.91 Å². The van der Waals surface area contributed by atoms with Gasteiger partial charge in [0.05, 0.1) is 0 Å². The highest BCUT2D eigenvalue weighted by atomic mass is 35.5. The molecule has 4 heteroatoms. The third-order valence-corrected chi connectivity index (χ3v) is 4.48. The van der Waals surface area contributed by atoms with Crippen molar-refractivity contribution in [3.8, 4) is 0 Å². The average Bonchev–Trinajstić information content (AvgIpc) is 2.65. The highest BCUT2D eigenvalue weighted by Crippen LogP contribution is 2.27. The summed E-state index contributed by atoms with van der Waals surface area (Å²) >= 11 is 0. The maximum atomic E-state index is 12.4. The predicted molar refractivity (Wildman–Crippen MR) is 76.8 cm³/mol. The summed E-state index contributed by atoms with van der Waals surface area (Å²) in [5.41, 5.74) is 5.93. The third-order valence-electron chi connectivity index (χ3n) is 4.48. The van der Waals surface area contributed by atoms with E-state index in [-0.39, 0.29) is 18.4 Å². The summed E-state index contributed by atoms with van der Waals surface area (Å²) in [6.07, 6.45) is 8.41. The molecule has 1 saturated heterocycles. The van der Waals surface area contributed by atoms with E-state index in [2.05, 4.69) is 11.8 Å². The van der Waals surface area contributed by atoms with Gasteiger partial charge in [-0.05, 0) is 32.1 Å². The second-order valence-electron chi connectivity index (χ2n) is 5.88. The van der Waals surface area contributed by atoms with Crippen LogP contribution in [0.15, 0.2) is 0 Å². The Balaban J connectivity index is 0.00000162. The largest absolute Gasteiger partial charge is 0.342 e. The first-order chi connectivity index (χ1) is 8.18. The van der Waals surface area contributed by atoms with E-state index in [0.29, 0.717) is 17.7 Å². The summed E-state index contributed by atoms with van der Waals surface area (Å²) in [6.45, 7) is 3.89. The number of nitrogens with zero attached hydrogens (tertiary/aromatic N) is 1. The van der Waals surface area contributed by atoms with Gasteiger partial charge in [-0.15, -0.1) is 12.4 Å². The van der Waals surface area contributed by atoms with Crippen LogP contribution in [0.25, 0.3) is 0 Å². The number of rotatable bonds is 2. The molecular formula is C14H27ClN2O. The number of amides is 1. The first-order valence-electron chi connectivity index (χ1n) is 7.23. The van der Waals surface area contributed by atoms with Crippen LogP contribution in [0.5, 0.6) is 0 Å². The van der Waals surface area contributed by atoms with Gasteiger partial charge in [0, 0.05) is 25.0 Å². The van der Waals surface area contributed by atoms with Crippen molar-refractivity contribution in [2.45, 2.75) is 57.9 Å². The van der Waals surface area contributed by atoms with Gasteiger partial charge in [-0.2, -0.15) is 0 Å². The van der Waals surface area contributed by atoms with E-state index in [4.69, 9.17) is 5.73 Å². The van der Waals surface area contributed by atoms with E-state index in [1.54, 1.807) is 0 Å². The van der Waals surface area contributed by atoms with E-state index >= 15 is 0 Å². The lowest BCUT2D eigenvalue weighted by Gasteiger charge is -2.23. The van der Waals surface area contributed by atoms with Crippen molar-refractivity contribution in [2.75, 3.05) is 13.1 Å². The van der Waals surface area contributed by atoms with Gasteiger partial charge in [-0.25, -0.2) is 0 Å². The van der Waals surface area contributed by atoms with Crippen molar-refractivity contribution in [1.82, 2.24) is 4.90 Å². The zero-order valence-corrected chi connectivity index (χ0v) is 12.3. The van der Waals surface area contributed by atoms with Crippen molar-refractivity contribution in [1.29, 1.82) is 0 Å². The Morgan fingerprint density at radius 1 is 1.17 bits per heavy atom. The van der Waals surface area contributed by atoms with Crippen LogP contribution in [-0.4, -0.2) is 29.9 Å². The van der Waals surface area contributed by atoms with Crippen LogP contribution in [0.4, 0.5) is 0 Å². The molecule has 0 bridgehead atoms. The zero-order valence-electron chi connectivity index (χ0n) is 11.4. The van der Waals surface area contributed by atoms with Crippen LogP contribution in [-0.2, 0) is 4.79 Å². The van der Waals surface area contributed by atoms with Gasteiger partial charge in [0.1, 0.15) is 0 Å². The second kappa shape index (κ2) is 7.34. The number of carbonyl (C=O) groups excluding carboxylic acids is 1. The van der Waals surface area contributed by atoms with Crippen LogP contribution in [0.3, 0.4) is 0 Å². The molecule has 1 aliphatic heterocycles. The number of carbonyl (C=O) groups is 1. The first kappa shape index (κ1) is 15.8. The summed E-state index contributed by atoms with van der Waals surface area (Å²) in [6, 6.07) is 0.224. The Morgan fingerprint density at radius 2 is 1.78 bits per heavy atom. The van der Waals surface area contributed by atoms with Gasteiger partial charge < -0.3 is 10.6 Å². The van der Waals surface area contributed by atoms with Crippen LogP contribution in [0.1, 0.15) is 51.9 Å². The molecule has 1 amide bonds. The fraction of sp³-hybridized carbons (Fsp3) is 0.929. The summed E-state index contributed by atoms with van der Waals surface area (Å²) in [7, 11) is 0. The van der Waals surface area contributed by atoms with Crippen molar-refractivity contribution in [2.24, 2.45) is 17.6 Å². The quantitative estimate of drug-likeness (QED) is 0.787. The molecule has 2 fully saturated rings. The summed E-state index contributed by atoms with van der Waals surface area (Å²) in [5, 5.41) is 0. The van der Waals surface area contributed by atoms with Crippen LogP contribution < -0.4 is 5.73 Å². The van der Waals surface area contributed by atoms with Crippen LogP contribution in [0, 0.1) is 11.8 Å². The number of halogens is 1. The van der Waals surface area contributed by atoms with E-state index in [1.165, 1.54) is 25.7 Å². The molecule has 1 aliphatic carbocycles. The smallest absolute Gasteiger partial charge is 0.225 e. The minimum Gasteiger partial charge on any atom is -0.342 e. The third kappa shape index (κ3) is 3.86. The molecule has 2 atom stereocenters. The molecule has 2 rings (SSSR count). The average molecular weight is 275 g/mol. The lowest BCUT2D eigenvalue weighted by molar-refractivity contribution is -0.135. The number of likely N-dealkylation sites (tertiary alicyclic amines) is 1. The SMILES string of the molecule is CC(N)C1CCN(C(=O)C2CCCCCC2)C1.Cl. The maximum Gasteiger partial charge on any atom is 0.225 e. The van der Waals surface area contributed by atoms with Gasteiger partial charge in [-0.3, -0.25) is 4.79 Å².